The van der Waals surface area contributed by atoms with Crippen LogP contribution in [-0.4, -0.2) is 28.3 Å². The molecule has 0 radical (unpaired) electrons. The van der Waals surface area contributed by atoms with E-state index >= 15 is 0 Å². The highest BCUT2D eigenvalue weighted by Gasteiger charge is 2.43. The molecule has 29 heavy (non-hydrogen) atoms. The standard InChI is InChI=1S/C23H22N2O3S/c26-21(24-18-10-4-1-5-11-18)23(28,16-17-29-20-14-8-3-9-15-20)22(27)25-19-12-6-2-7-13-19/h1-15,28H,16-17H2,(H,24,26)(H,25,27). The van der Waals surface area contributed by atoms with Gasteiger partial charge in [0, 0.05) is 28.4 Å². The summed E-state index contributed by atoms with van der Waals surface area (Å²) in [7, 11) is 0. The van der Waals surface area contributed by atoms with E-state index in [1.807, 2.05) is 42.5 Å². The van der Waals surface area contributed by atoms with E-state index in [1.165, 1.54) is 11.8 Å². The van der Waals surface area contributed by atoms with Crippen molar-refractivity contribution in [2.24, 2.45) is 0 Å². The molecule has 0 aliphatic heterocycles. The number of carbonyl (C=O) groups excluding carboxylic acids is 2. The summed E-state index contributed by atoms with van der Waals surface area (Å²) in [6, 6.07) is 27.1. The molecule has 0 atom stereocenters. The smallest absolute Gasteiger partial charge is 0.266 e. The summed E-state index contributed by atoms with van der Waals surface area (Å²) in [5, 5.41) is 16.4. The molecule has 0 saturated heterocycles. The van der Waals surface area contributed by atoms with Gasteiger partial charge in [-0.1, -0.05) is 54.6 Å². The van der Waals surface area contributed by atoms with Crippen molar-refractivity contribution in [1.82, 2.24) is 0 Å². The van der Waals surface area contributed by atoms with Crippen LogP contribution < -0.4 is 10.6 Å². The minimum Gasteiger partial charge on any atom is -0.372 e. The average molecular weight is 407 g/mol. The number of anilines is 2. The largest absolute Gasteiger partial charge is 0.372 e. The molecule has 0 saturated carbocycles. The van der Waals surface area contributed by atoms with Crippen LogP contribution in [0.5, 0.6) is 0 Å². The fourth-order valence-corrected chi connectivity index (χ4v) is 3.66. The second kappa shape index (κ2) is 9.91. The Kier molecular flexibility index (Phi) is 7.05. The molecule has 3 aromatic carbocycles. The summed E-state index contributed by atoms with van der Waals surface area (Å²) < 4.78 is 0. The van der Waals surface area contributed by atoms with E-state index in [9.17, 15) is 14.7 Å². The highest BCUT2D eigenvalue weighted by molar-refractivity contribution is 7.99. The van der Waals surface area contributed by atoms with Crippen LogP contribution in [0.25, 0.3) is 0 Å². The van der Waals surface area contributed by atoms with Gasteiger partial charge < -0.3 is 15.7 Å². The topological polar surface area (TPSA) is 78.4 Å². The normalized spacial score (nSPS) is 10.9. The second-order valence-electron chi connectivity index (χ2n) is 6.41. The lowest BCUT2D eigenvalue weighted by atomic mass is 9.98. The predicted molar refractivity (Wildman–Crippen MR) is 117 cm³/mol. The number of amides is 2. The van der Waals surface area contributed by atoms with Crippen LogP contribution >= 0.6 is 11.8 Å². The van der Waals surface area contributed by atoms with Gasteiger partial charge in [0.25, 0.3) is 11.8 Å². The van der Waals surface area contributed by atoms with Crippen molar-refractivity contribution < 1.29 is 14.7 Å². The van der Waals surface area contributed by atoms with E-state index in [4.69, 9.17) is 0 Å². The number of aliphatic hydroxyl groups is 1. The molecule has 6 heteroatoms. The van der Waals surface area contributed by atoms with Crippen molar-refractivity contribution in [2.75, 3.05) is 16.4 Å². The quantitative estimate of drug-likeness (QED) is 0.387. The molecule has 3 N–H and O–H groups in total. The monoisotopic (exact) mass is 406 g/mol. The van der Waals surface area contributed by atoms with Gasteiger partial charge in [0.1, 0.15) is 0 Å². The first-order valence-electron chi connectivity index (χ1n) is 9.21. The maximum Gasteiger partial charge on any atom is 0.266 e. The Hall–Kier alpha value is -3.09. The summed E-state index contributed by atoms with van der Waals surface area (Å²) in [6.07, 6.45) is -0.0378. The Morgan fingerprint density at radius 1 is 0.724 bits per heavy atom. The molecule has 5 nitrogen and oxygen atoms in total. The first-order chi connectivity index (χ1) is 14.1. The van der Waals surface area contributed by atoms with E-state index in [0.717, 1.165) is 4.90 Å². The average Bonchev–Trinajstić information content (AvgIpc) is 2.75. The minimum atomic E-state index is -2.21. The zero-order valence-electron chi connectivity index (χ0n) is 15.7. The summed E-state index contributed by atoms with van der Waals surface area (Å²) >= 11 is 1.47. The van der Waals surface area contributed by atoms with E-state index in [0.29, 0.717) is 17.1 Å². The van der Waals surface area contributed by atoms with E-state index in [2.05, 4.69) is 10.6 Å². The first-order valence-corrected chi connectivity index (χ1v) is 10.2. The van der Waals surface area contributed by atoms with Gasteiger partial charge in [-0.3, -0.25) is 9.59 Å². The van der Waals surface area contributed by atoms with E-state index < -0.39 is 17.4 Å². The molecule has 0 aliphatic carbocycles. The molecule has 2 amide bonds. The van der Waals surface area contributed by atoms with Gasteiger partial charge in [-0.05, 0) is 36.4 Å². The fourth-order valence-electron chi connectivity index (χ4n) is 2.68. The zero-order chi connectivity index (χ0) is 20.5. The summed E-state index contributed by atoms with van der Waals surface area (Å²) in [5.74, 6) is -1.12. The molecule has 0 fully saturated rings. The van der Waals surface area contributed by atoms with Crippen molar-refractivity contribution in [2.45, 2.75) is 16.9 Å². The Bertz CT molecular complexity index is 881. The third-order valence-corrected chi connectivity index (χ3v) is 5.30. The number of carbonyl (C=O) groups is 2. The van der Waals surface area contributed by atoms with Crippen LogP contribution in [0.1, 0.15) is 6.42 Å². The molecule has 0 bridgehead atoms. The first kappa shape index (κ1) is 20.6. The Morgan fingerprint density at radius 2 is 1.14 bits per heavy atom. The number of hydrogen-bond donors (Lipinski definition) is 3. The van der Waals surface area contributed by atoms with Crippen molar-refractivity contribution in [1.29, 1.82) is 0 Å². The Balaban J connectivity index is 1.75. The number of rotatable bonds is 8. The van der Waals surface area contributed by atoms with Crippen molar-refractivity contribution in [3.05, 3.63) is 91.0 Å². The minimum absolute atomic E-state index is 0.0378. The van der Waals surface area contributed by atoms with Crippen LogP contribution in [0.4, 0.5) is 11.4 Å². The summed E-state index contributed by atoms with van der Waals surface area (Å²) in [4.78, 5) is 26.8. The van der Waals surface area contributed by atoms with Gasteiger partial charge in [-0.2, -0.15) is 0 Å². The fraction of sp³-hybridized carbons (Fsp3) is 0.130. The van der Waals surface area contributed by atoms with E-state index in [-0.39, 0.29) is 6.42 Å². The zero-order valence-corrected chi connectivity index (χ0v) is 16.6. The molecule has 148 valence electrons. The molecule has 0 unspecified atom stereocenters. The molecular formula is C23H22N2O3S. The number of hydrogen-bond acceptors (Lipinski definition) is 4. The van der Waals surface area contributed by atoms with Crippen LogP contribution in [-0.2, 0) is 9.59 Å². The lowest BCUT2D eigenvalue weighted by Crippen LogP contribution is -2.53. The lowest BCUT2D eigenvalue weighted by Gasteiger charge is -2.26. The number of nitrogens with one attached hydrogen (secondary N) is 2. The van der Waals surface area contributed by atoms with Gasteiger partial charge in [0.15, 0.2) is 0 Å². The molecular weight excluding hydrogens is 384 g/mol. The Labute approximate surface area is 174 Å². The van der Waals surface area contributed by atoms with Crippen LogP contribution in [0.3, 0.4) is 0 Å². The predicted octanol–water partition coefficient (Wildman–Crippen LogP) is 4.18. The van der Waals surface area contributed by atoms with Crippen molar-refractivity contribution in [3.63, 3.8) is 0 Å². The second-order valence-corrected chi connectivity index (χ2v) is 7.58. The highest BCUT2D eigenvalue weighted by Crippen LogP contribution is 2.24. The van der Waals surface area contributed by atoms with Crippen LogP contribution in [0.2, 0.25) is 0 Å². The Morgan fingerprint density at radius 3 is 1.59 bits per heavy atom. The van der Waals surface area contributed by atoms with Crippen molar-refractivity contribution in [3.8, 4) is 0 Å². The van der Waals surface area contributed by atoms with Gasteiger partial charge in [0.2, 0.25) is 5.60 Å². The maximum atomic E-state index is 12.9. The molecule has 3 rings (SSSR count). The highest BCUT2D eigenvalue weighted by atomic mass is 32.2. The van der Waals surface area contributed by atoms with Gasteiger partial charge in [0.05, 0.1) is 0 Å². The molecule has 3 aromatic rings. The van der Waals surface area contributed by atoms with Crippen LogP contribution in [0.15, 0.2) is 95.9 Å². The number of para-hydroxylation sites is 2. The number of benzene rings is 3. The van der Waals surface area contributed by atoms with Gasteiger partial charge >= 0.3 is 0 Å². The van der Waals surface area contributed by atoms with Gasteiger partial charge in [-0.15, -0.1) is 11.8 Å². The maximum absolute atomic E-state index is 12.9. The van der Waals surface area contributed by atoms with Crippen LogP contribution in [0, 0.1) is 0 Å². The third kappa shape index (κ3) is 5.70. The van der Waals surface area contributed by atoms with E-state index in [1.54, 1.807) is 48.5 Å². The summed E-state index contributed by atoms with van der Waals surface area (Å²) in [6.45, 7) is 0. The van der Waals surface area contributed by atoms with Crippen molar-refractivity contribution >= 4 is 35.0 Å². The lowest BCUT2D eigenvalue weighted by molar-refractivity contribution is -0.147. The molecule has 0 aliphatic rings. The molecule has 0 aromatic heterocycles. The third-order valence-electron chi connectivity index (χ3n) is 4.29. The van der Waals surface area contributed by atoms with Gasteiger partial charge in [-0.25, -0.2) is 0 Å². The SMILES string of the molecule is O=C(Nc1ccccc1)C(O)(CCSc1ccccc1)C(=O)Nc1ccccc1. The summed E-state index contributed by atoms with van der Waals surface area (Å²) in [5.41, 5.74) is -1.19. The number of thioether (sulfide) groups is 1. The molecule has 0 heterocycles. The molecule has 0 spiro atoms.